The van der Waals surface area contributed by atoms with Crippen LogP contribution in [-0.4, -0.2) is 29.1 Å². The summed E-state index contributed by atoms with van der Waals surface area (Å²) >= 11 is 0. The Hall–Kier alpha value is -0.920. The maximum atomic E-state index is 12.5. The maximum Gasteiger partial charge on any atom is 0.240 e. The van der Waals surface area contributed by atoms with Crippen LogP contribution in [0.5, 0.6) is 0 Å². The molecule has 0 amide bonds. The van der Waals surface area contributed by atoms with E-state index in [0.29, 0.717) is 12.5 Å². The van der Waals surface area contributed by atoms with Crippen molar-refractivity contribution in [2.24, 2.45) is 11.8 Å². The molecule has 24 heavy (non-hydrogen) atoms. The van der Waals surface area contributed by atoms with Crippen molar-refractivity contribution in [3.63, 3.8) is 0 Å². The summed E-state index contributed by atoms with van der Waals surface area (Å²) in [6.45, 7) is 0.462. The van der Waals surface area contributed by atoms with Crippen molar-refractivity contribution < 1.29 is 16.8 Å². The van der Waals surface area contributed by atoms with Crippen LogP contribution in [0.1, 0.15) is 44.9 Å². The first-order valence-corrected chi connectivity index (χ1v) is 11.8. The van der Waals surface area contributed by atoms with Crippen molar-refractivity contribution in [1.82, 2.24) is 4.72 Å². The fourth-order valence-electron chi connectivity index (χ4n) is 3.22. The predicted octanol–water partition coefficient (Wildman–Crippen LogP) is 2.73. The van der Waals surface area contributed by atoms with Gasteiger partial charge in [0.2, 0.25) is 10.0 Å². The Kier molecular flexibility index (Phi) is 5.32. The summed E-state index contributed by atoms with van der Waals surface area (Å²) in [6, 6.07) is 5.62. The number of rotatable bonds is 7. The van der Waals surface area contributed by atoms with Crippen molar-refractivity contribution in [3.05, 3.63) is 24.3 Å². The van der Waals surface area contributed by atoms with Crippen molar-refractivity contribution in [2.45, 2.75) is 54.7 Å². The molecule has 1 aromatic carbocycles. The molecule has 0 unspecified atom stereocenters. The summed E-state index contributed by atoms with van der Waals surface area (Å²) in [5.74, 6) is 0.848. The Morgan fingerprint density at radius 2 is 1.38 bits per heavy atom. The highest BCUT2D eigenvalue weighted by molar-refractivity contribution is 7.91. The van der Waals surface area contributed by atoms with Crippen LogP contribution in [0, 0.1) is 11.8 Å². The fourth-order valence-corrected chi connectivity index (χ4v) is 6.03. The first-order valence-electron chi connectivity index (χ1n) is 8.69. The van der Waals surface area contributed by atoms with E-state index in [1.165, 1.54) is 30.7 Å². The second-order valence-electron chi connectivity index (χ2n) is 7.05. The number of benzene rings is 1. The molecule has 0 saturated heterocycles. The van der Waals surface area contributed by atoms with E-state index in [2.05, 4.69) is 4.72 Å². The summed E-state index contributed by atoms with van der Waals surface area (Å²) in [6.07, 6.45) is 7.47. The van der Waals surface area contributed by atoms with E-state index in [1.807, 2.05) is 0 Å². The number of hydrogen-bond donors (Lipinski definition) is 1. The lowest BCUT2D eigenvalue weighted by Gasteiger charge is -2.21. The molecular formula is C17H25NO4S2. The van der Waals surface area contributed by atoms with Crippen LogP contribution < -0.4 is 4.72 Å². The van der Waals surface area contributed by atoms with E-state index in [-0.39, 0.29) is 21.5 Å². The number of hydrogen-bond acceptors (Lipinski definition) is 4. The van der Waals surface area contributed by atoms with Gasteiger partial charge < -0.3 is 0 Å². The van der Waals surface area contributed by atoms with Crippen molar-refractivity contribution in [3.8, 4) is 0 Å². The summed E-state index contributed by atoms with van der Waals surface area (Å²) in [7, 11) is -6.90. The minimum Gasteiger partial charge on any atom is -0.224 e. The lowest BCUT2D eigenvalue weighted by Crippen LogP contribution is -2.26. The van der Waals surface area contributed by atoms with Gasteiger partial charge in [-0.25, -0.2) is 21.6 Å². The molecule has 0 spiro atoms. The van der Waals surface area contributed by atoms with Gasteiger partial charge in [0.05, 0.1) is 15.5 Å². The zero-order chi connectivity index (χ0) is 17.2. The zero-order valence-corrected chi connectivity index (χ0v) is 15.4. The van der Waals surface area contributed by atoms with Gasteiger partial charge in [0.15, 0.2) is 9.84 Å². The molecule has 2 aliphatic carbocycles. The summed E-state index contributed by atoms with van der Waals surface area (Å²) in [4.78, 5) is 0.342. The van der Waals surface area contributed by atoms with Crippen LogP contribution in [0.25, 0.3) is 0 Å². The van der Waals surface area contributed by atoms with Crippen LogP contribution in [0.3, 0.4) is 0 Å². The third-order valence-corrected chi connectivity index (χ3v) is 8.27. The largest absolute Gasteiger partial charge is 0.240 e. The monoisotopic (exact) mass is 371 g/mol. The minimum absolute atomic E-state index is 0.125. The fraction of sp³-hybridized carbons (Fsp3) is 0.647. The third kappa shape index (κ3) is 4.58. The Labute approximate surface area is 144 Å². The van der Waals surface area contributed by atoms with E-state index in [9.17, 15) is 16.8 Å². The van der Waals surface area contributed by atoms with E-state index in [0.717, 1.165) is 38.5 Å². The average Bonchev–Trinajstić information content (AvgIpc) is 3.38. The molecule has 0 radical (unpaired) electrons. The van der Waals surface area contributed by atoms with Gasteiger partial charge in [0, 0.05) is 6.54 Å². The minimum atomic E-state index is -3.55. The molecule has 2 saturated carbocycles. The van der Waals surface area contributed by atoms with Gasteiger partial charge in [-0.05, 0) is 61.8 Å². The highest BCUT2D eigenvalue weighted by Crippen LogP contribution is 2.29. The SMILES string of the molecule is O=S(=O)(CC1CCCCC1)c1ccc(S(=O)(=O)NCC2CC2)cc1. The molecule has 2 fully saturated rings. The number of sulfone groups is 1. The second-order valence-corrected chi connectivity index (χ2v) is 10.9. The van der Waals surface area contributed by atoms with Gasteiger partial charge in [-0.3, -0.25) is 0 Å². The van der Waals surface area contributed by atoms with Crippen LogP contribution in [-0.2, 0) is 19.9 Å². The number of sulfonamides is 1. The number of nitrogens with one attached hydrogen (secondary N) is 1. The summed E-state index contributed by atoms with van der Waals surface area (Å²) in [5.41, 5.74) is 0. The molecule has 0 aromatic heterocycles. The first kappa shape index (κ1) is 17.9. The topological polar surface area (TPSA) is 80.3 Å². The van der Waals surface area contributed by atoms with Gasteiger partial charge in [-0.2, -0.15) is 0 Å². The van der Waals surface area contributed by atoms with E-state index in [4.69, 9.17) is 0 Å². The Morgan fingerprint density at radius 3 is 1.96 bits per heavy atom. The molecule has 134 valence electrons. The smallest absolute Gasteiger partial charge is 0.224 e. The van der Waals surface area contributed by atoms with Gasteiger partial charge >= 0.3 is 0 Å². The summed E-state index contributed by atoms with van der Waals surface area (Å²) in [5, 5.41) is 0. The molecule has 0 bridgehead atoms. The van der Waals surface area contributed by atoms with E-state index in [1.54, 1.807) is 0 Å². The standard InChI is InChI=1S/C17H25NO4S2/c19-23(20,13-15-4-2-1-3-5-15)16-8-10-17(11-9-16)24(21,22)18-12-14-6-7-14/h8-11,14-15,18H,1-7,12-13H2. The normalized spacial score (nSPS) is 20.2. The van der Waals surface area contributed by atoms with Crippen molar-refractivity contribution in [1.29, 1.82) is 0 Å². The Morgan fingerprint density at radius 1 is 0.792 bits per heavy atom. The van der Waals surface area contributed by atoms with Crippen LogP contribution >= 0.6 is 0 Å². The van der Waals surface area contributed by atoms with Crippen LogP contribution in [0.15, 0.2) is 34.1 Å². The molecule has 1 N–H and O–H groups in total. The molecule has 5 nitrogen and oxygen atoms in total. The van der Waals surface area contributed by atoms with Crippen molar-refractivity contribution in [2.75, 3.05) is 12.3 Å². The van der Waals surface area contributed by atoms with E-state index < -0.39 is 19.9 Å². The predicted molar refractivity (Wildman–Crippen MR) is 93.0 cm³/mol. The third-order valence-electron chi connectivity index (χ3n) is 4.93. The molecule has 0 atom stereocenters. The lowest BCUT2D eigenvalue weighted by molar-refractivity contribution is 0.385. The van der Waals surface area contributed by atoms with E-state index >= 15 is 0 Å². The summed E-state index contributed by atoms with van der Waals surface area (Å²) < 4.78 is 52.0. The van der Waals surface area contributed by atoms with Gasteiger partial charge in [0.25, 0.3) is 0 Å². The molecule has 2 aliphatic rings. The van der Waals surface area contributed by atoms with Gasteiger partial charge in [-0.15, -0.1) is 0 Å². The molecule has 7 heteroatoms. The molecule has 3 rings (SSSR count). The Balaban J connectivity index is 1.68. The zero-order valence-electron chi connectivity index (χ0n) is 13.8. The molecule has 0 heterocycles. The van der Waals surface area contributed by atoms with Crippen LogP contribution in [0.4, 0.5) is 0 Å². The molecular weight excluding hydrogens is 346 g/mol. The molecule has 1 aromatic rings. The highest BCUT2D eigenvalue weighted by atomic mass is 32.2. The Bertz CT molecular complexity index is 759. The highest BCUT2D eigenvalue weighted by Gasteiger charge is 2.26. The molecule has 0 aliphatic heterocycles. The lowest BCUT2D eigenvalue weighted by atomic mass is 9.91. The quantitative estimate of drug-likeness (QED) is 0.799. The van der Waals surface area contributed by atoms with Crippen LogP contribution in [0.2, 0.25) is 0 Å². The second kappa shape index (κ2) is 7.14. The average molecular weight is 372 g/mol. The van der Waals surface area contributed by atoms with Gasteiger partial charge in [-0.1, -0.05) is 19.3 Å². The first-order chi connectivity index (χ1) is 11.4. The van der Waals surface area contributed by atoms with Crippen molar-refractivity contribution >= 4 is 19.9 Å². The maximum absolute atomic E-state index is 12.5. The van der Waals surface area contributed by atoms with Gasteiger partial charge in [0.1, 0.15) is 0 Å².